The Hall–Kier alpha value is -0.830. The van der Waals surface area contributed by atoms with Crippen LogP contribution in [0.2, 0.25) is 0 Å². The summed E-state index contributed by atoms with van der Waals surface area (Å²) < 4.78 is 5.37. The van der Waals surface area contributed by atoms with Crippen LogP contribution in [-0.2, 0) is 10.2 Å². The molecule has 17 heavy (non-hydrogen) atoms. The third-order valence-corrected chi connectivity index (χ3v) is 3.85. The summed E-state index contributed by atoms with van der Waals surface area (Å²) in [7, 11) is 1.67. The second-order valence-electron chi connectivity index (χ2n) is 5.18. The van der Waals surface area contributed by atoms with E-state index in [-0.39, 0.29) is 16.0 Å². The summed E-state index contributed by atoms with van der Waals surface area (Å²) in [6.45, 7) is 7.98. The lowest BCUT2D eigenvalue weighted by molar-refractivity contribution is -0.116. The molecule has 0 aliphatic rings. The van der Waals surface area contributed by atoms with Crippen LogP contribution in [0.5, 0.6) is 5.75 Å². The number of hydrogen-bond acceptors (Lipinski definition) is 2. The summed E-state index contributed by atoms with van der Waals surface area (Å²) in [5, 5.41) is 0. The smallest absolute Gasteiger partial charge is 0.147 e. The highest BCUT2D eigenvalue weighted by Gasteiger charge is 2.21. The molecule has 1 aromatic rings. The molecule has 1 aromatic carbocycles. The number of carbonyl (C=O) groups is 1. The fraction of sp³-hybridized carbons (Fsp3) is 0.500. The van der Waals surface area contributed by atoms with Gasteiger partial charge in [0.15, 0.2) is 0 Å². The lowest BCUT2D eigenvalue weighted by Gasteiger charge is -2.23. The Kier molecular flexibility index (Phi) is 4.36. The molecule has 0 radical (unpaired) electrons. The zero-order valence-electron chi connectivity index (χ0n) is 11.0. The van der Waals surface area contributed by atoms with Crippen LogP contribution in [0.3, 0.4) is 0 Å². The summed E-state index contributed by atoms with van der Waals surface area (Å²) in [6, 6.07) is 5.89. The van der Waals surface area contributed by atoms with Crippen molar-refractivity contribution in [2.75, 3.05) is 7.11 Å². The van der Waals surface area contributed by atoms with E-state index < -0.39 is 0 Å². The minimum atomic E-state index is -0.241. The first-order valence-corrected chi connectivity index (χ1v) is 6.52. The molecular weight excluding hydrogens is 280 g/mol. The number of ketones is 1. The number of rotatable bonds is 3. The van der Waals surface area contributed by atoms with E-state index in [0.29, 0.717) is 0 Å². The van der Waals surface area contributed by atoms with E-state index >= 15 is 0 Å². The number of carbonyl (C=O) groups excluding carboxylic acids is 1. The number of ether oxygens (including phenoxy) is 1. The van der Waals surface area contributed by atoms with E-state index in [4.69, 9.17) is 4.74 Å². The molecule has 0 saturated carbocycles. The monoisotopic (exact) mass is 298 g/mol. The second-order valence-corrected chi connectivity index (χ2v) is 6.10. The molecule has 1 unspecified atom stereocenters. The molecule has 0 fully saturated rings. The van der Waals surface area contributed by atoms with E-state index in [1.54, 1.807) is 14.0 Å². The highest BCUT2D eigenvalue weighted by Crippen LogP contribution is 2.35. The van der Waals surface area contributed by atoms with Crippen molar-refractivity contribution in [3.63, 3.8) is 0 Å². The number of hydrogen-bond donors (Lipinski definition) is 0. The van der Waals surface area contributed by atoms with Gasteiger partial charge >= 0.3 is 0 Å². The number of Topliss-reactive ketones (excluding diaryl/α,β-unsaturated/α-hetero) is 1. The minimum Gasteiger partial charge on any atom is -0.496 e. The van der Waals surface area contributed by atoms with Crippen molar-refractivity contribution in [1.82, 2.24) is 0 Å². The van der Waals surface area contributed by atoms with Gasteiger partial charge in [-0.15, -0.1) is 0 Å². The summed E-state index contributed by atoms with van der Waals surface area (Å²) >= 11 is 3.41. The molecule has 0 amide bonds. The Morgan fingerprint density at radius 2 is 1.94 bits per heavy atom. The van der Waals surface area contributed by atoms with Crippen LogP contribution in [0.25, 0.3) is 0 Å². The van der Waals surface area contributed by atoms with Crippen LogP contribution in [0, 0.1) is 0 Å². The van der Waals surface area contributed by atoms with Gasteiger partial charge in [0.2, 0.25) is 0 Å². The standard InChI is InChI=1S/C14H19BrO2/c1-9(16)13(15)10-6-7-12(17-5)11(8-10)14(2,3)4/h6-8,13H,1-5H3. The first-order valence-electron chi connectivity index (χ1n) is 5.60. The molecule has 94 valence electrons. The average molecular weight is 299 g/mol. The molecule has 3 heteroatoms. The Bertz CT molecular complexity index is 419. The lowest BCUT2D eigenvalue weighted by atomic mass is 9.85. The van der Waals surface area contributed by atoms with Crippen LogP contribution in [-0.4, -0.2) is 12.9 Å². The molecule has 0 heterocycles. The largest absolute Gasteiger partial charge is 0.496 e. The van der Waals surface area contributed by atoms with Crippen molar-refractivity contribution in [3.05, 3.63) is 29.3 Å². The van der Waals surface area contributed by atoms with Crippen LogP contribution >= 0.6 is 15.9 Å². The topological polar surface area (TPSA) is 26.3 Å². The molecule has 0 saturated heterocycles. The maximum Gasteiger partial charge on any atom is 0.147 e. The quantitative estimate of drug-likeness (QED) is 0.788. The molecule has 0 spiro atoms. The van der Waals surface area contributed by atoms with Gasteiger partial charge < -0.3 is 4.74 Å². The van der Waals surface area contributed by atoms with E-state index in [1.807, 2.05) is 18.2 Å². The Labute approximate surface area is 111 Å². The average Bonchev–Trinajstić information content (AvgIpc) is 2.25. The molecule has 0 N–H and O–H groups in total. The van der Waals surface area contributed by atoms with Gasteiger partial charge in [-0.3, -0.25) is 4.79 Å². The van der Waals surface area contributed by atoms with Gasteiger partial charge in [-0.2, -0.15) is 0 Å². The number of halogens is 1. The molecule has 2 nitrogen and oxygen atoms in total. The third kappa shape index (κ3) is 3.32. The van der Waals surface area contributed by atoms with Gasteiger partial charge in [0.1, 0.15) is 11.5 Å². The maximum absolute atomic E-state index is 11.4. The SMILES string of the molecule is COc1ccc(C(Br)C(C)=O)cc1C(C)(C)C. The fourth-order valence-electron chi connectivity index (χ4n) is 1.70. The second kappa shape index (κ2) is 5.21. The number of methoxy groups -OCH3 is 1. The number of alkyl halides is 1. The molecule has 1 rings (SSSR count). The van der Waals surface area contributed by atoms with Crippen molar-refractivity contribution in [3.8, 4) is 5.75 Å². The van der Waals surface area contributed by atoms with Crippen molar-refractivity contribution in [1.29, 1.82) is 0 Å². The maximum atomic E-state index is 11.4. The predicted molar refractivity (Wildman–Crippen MR) is 74.0 cm³/mol. The van der Waals surface area contributed by atoms with Crippen molar-refractivity contribution in [2.24, 2.45) is 0 Å². The molecule has 0 aliphatic carbocycles. The molecular formula is C14H19BrO2. The Balaban J connectivity index is 3.27. The van der Waals surface area contributed by atoms with Gasteiger partial charge in [0.05, 0.1) is 11.9 Å². The van der Waals surface area contributed by atoms with E-state index in [1.165, 1.54) is 0 Å². The van der Waals surface area contributed by atoms with Crippen molar-refractivity contribution < 1.29 is 9.53 Å². The summed E-state index contributed by atoms with van der Waals surface area (Å²) in [6.07, 6.45) is 0. The summed E-state index contributed by atoms with van der Waals surface area (Å²) in [4.78, 5) is 11.1. The van der Waals surface area contributed by atoms with Crippen LogP contribution in [0.4, 0.5) is 0 Å². The first-order chi connectivity index (χ1) is 7.77. The normalized spacial score (nSPS) is 13.3. The van der Waals surface area contributed by atoms with Crippen molar-refractivity contribution in [2.45, 2.75) is 37.9 Å². The fourth-order valence-corrected chi connectivity index (χ4v) is 1.99. The minimum absolute atomic E-state index is 0.00907. The predicted octanol–water partition coefficient (Wildman–Crippen LogP) is 4.02. The molecule has 0 aromatic heterocycles. The Morgan fingerprint density at radius 3 is 2.35 bits per heavy atom. The van der Waals surface area contributed by atoms with Gasteiger partial charge in [0, 0.05) is 0 Å². The van der Waals surface area contributed by atoms with Crippen LogP contribution in [0.15, 0.2) is 18.2 Å². The zero-order valence-corrected chi connectivity index (χ0v) is 12.6. The zero-order chi connectivity index (χ0) is 13.2. The first kappa shape index (κ1) is 14.2. The molecule has 0 aliphatic heterocycles. The highest BCUT2D eigenvalue weighted by atomic mass is 79.9. The van der Waals surface area contributed by atoms with Gasteiger partial charge in [-0.1, -0.05) is 48.8 Å². The summed E-state index contributed by atoms with van der Waals surface area (Å²) in [5.74, 6) is 0.972. The van der Waals surface area contributed by atoms with Gasteiger partial charge in [-0.05, 0) is 29.5 Å². The Morgan fingerprint density at radius 1 is 1.35 bits per heavy atom. The van der Waals surface area contributed by atoms with E-state index in [2.05, 4.69) is 36.7 Å². The van der Waals surface area contributed by atoms with Gasteiger partial charge in [-0.25, -0.2) is 0 Å². The van der Waals surface area contributed by atoms with Crippen LogP contribution in [0.1, 0.15) is 43.6 Å². The third-order valence-electron chi connectivity index (χ3n) is 2.68. The summed E-state index contributed by atoms with van der Waals surface area (Å²) in [5.41, 5.74) is 2.08. The highest BCUT2D eigenvalue weighted by molar-refractivity contribution is 9.09. The molecule has 0 bridgehead atoms. The van der Waals surface area contributed by atoms with Crippen LogP contribution < -0.4 is 4.74 Å². The number of benzene rings is 1. The van der Waals surface area contributed by atoms with E-state index in [9.17, 15) is 4.79 Å². The van der Waals surface area contributed by atoms with E-state index in [0.717, 1.165) is 16.9 Å². The lowest BCUT2D eigenvalue weighted by Crippen LogP contribution is -2.14. The van der Waals surface area contributed by atoms with Crippen molar-refractivity contribution >= 4 is 21.7 Å². The van der Waals surface area contributed by atoms with Gasteiger partial charge in [0.25, 0.3) is 0 Å². The molecule has 1 atom stereocenters.